The number of hydrogen-bond donors (Lipinski definition) is 1. The number of benzene rings is 3. The van der Waals surface area contributed by atoms with Crippen molar-refractivity contribution in [1.29, 1.82) is 5.26 Å². The topological polar surface area (TPSA) is 99.5 Å². The minimum absolute atomic E-state index is 0.131. The molecular weight excluding hydrogens is 498 g/mol. The molecule has 0 radical (unpaired) electrons. The Morgan fingerprint density at radius 3 is 2.39 bits per heavy atom. The zero-order valence-corrected chi connectivity index (χ0v) is 22.2. The summed E-state index contributed by atoms with van der Waals surface area (Å²) in [7, 11) is 0. The molecule has 0 saturated carbocycles. The van der Waals surface area contributed by atoms with Crippen molar-refractivity contribution in [2.75, 3.05) is 16.8 Å². The molecule has 0 aromatic heterocycles. The lowest BCUT2D eigenvalue weighted by molar-refractivity contribution is -0.117. The molecular formula is C30H27N3O4S. The molecule has 1 atom stereocenters. The molecule has 3 aromatic rings. The number of nitrogens with zero attached hydrogens (tertiary/aromatic N) is 2. The number of anilines is 2. The molecule has 1 fully saturated rings. The summed E-state index contributed by atoms with van der Waals surface area (Å²) in [6.45, 7) is 5.88. The zero-order chi connectivity index (χ0) is 27.2. The van der Waals surface area contributed by atoms with E-state index in [0.29, 0.717) is 28.4 Å². The largest absolute Gasteiger partial charge is 0.462 e. The van der Waals surface area contributed by atoms with E-state index < -0.39 is 17.1 Å². The van der Waals surface area contributed by atoms with E-state index in [1.165, 1.54) is 16.7 Å². The number of rotatable bonds is 7. The van der Waals surface area contributed by atoms with Crippen LogP contribution in [0.5, 0.6) is 0 Å². The van der Waals surface area contributed by atoms with Crippen molar-refractivity contribution in [3.8, 4) is 6.07 Å². The van der Waals surface area contributed by atoms with Crippen LogP contribution in [-0.4, -0.2) is 29.6 Å². The maximum atomic E-state index is 13.6. The first-order chi connectivity index (χ1) is 18.3. The Balaban J connectivity index is 1.66. The number of nitrogens with one attached hydrogen (secondary N) is 1. The molecule has 38 heavy (non-hydrogen) atoms. The number of thioether (sulfide) groups is 1. The van der Waals surface area contributed by atoms with E-state index >= 15 is 0 Å². The highest BCUT2D eigenvalue weighted by atomic mass is 32.2. The highest BCUT2D eigenvalue weighted by Crippen LogP contribution is 2.42. The number of para-hydroxylation sites is 1. The maximum Gasteiger partial charge on any atom is 0.338 e. The minimum Gasteiger partial charge on any atom is -0.462 e. The molecule has 0 spiro atoms. The van der Waals surface area contributed by atoms with Gasteiger partial charge >= 0.3 is 5.97 Å². The molecule has 1 aliphatic heterocycles. The third kappa shape index (κ3) is 5.63. The first kappa shape index (κ1) is 26.7. The molecule has 1 heterocycles. The van der Waals surface area contributed by atoms with Gasteiger partial charge < -0.3 is 10.1 Å². The third-order valence-corrected chi connectivity index (χ3v) is 7.52. The number of amides is 2. The molecule has 1 N–H and O–H groups in total. The van der Waals surface area contributed by atoms with Crippen LogP contribution >= 0.6 is 11.8 Å². The molecule has 1 unspecified atom stereocenters. The lowest BCUT2D eigenvalue weighted by Gasteiger charge is -2.19. The van der Waals surface area contributed by atoms with E-state index in [-0.39, 0.29) is 18.1 Å². The Kier molecular flexibility index (Phi) is 8.29. The van der Waals surface area contributed by atoms with Crippen molar-refractivity contribution in [3.05, 3.63) is 106 Å². The van der Waals surface area contributed by atoms with Gasteiger partial charge in [-0.15, -0.1) is 0 Å². The Bertz CT molecular complexity index is 1440. The van der Waals surface area contributed by atoms with Crippen LogP contribution in [0.3, 0.4) is 0 Å². The summed E-state index contributed by atoms with van der Waals surface area (Å²) in [4.78, 5) is 40.4. The van der Waals surface area contributed by atoms with E-state index in [9.17, 15) is 19.6 Å². The first-order valence-electron chi connectivity index (χ1n) is 12.2. The van der Waals surface area contributed by atoms with Gasteiger partial charge in [0.25, 0.3) is 5.91 Å². The monoisotopic (exact) mass is 525 g/mol. The number of carbonyl (C=O) groups is 3. The van der Waals surface area contributed by atoms with Gasteiger partial charge in [0.1, 0.15) is 16.7 Å². The molecule has 7 nitrogen and oxygen atoms in total. The zero-order valence-electron chi connectivity index (χ0n) is 21.4. The van der Waals surface area contributed by atoms with Gasteiger partial charge in [-0.3, -0.25) is 14.5 Å². The molecule has 2 amide bonds. The van der Waals surface area contributed by atoms with Crippen molar-refractivity contribution in [2.45, 2.75) is 32.4 Å². The summed E-state index contributed by atoms with van der Waals surface area (Å²) < 4.78 is 5.03. The Labute approximate surface area is 226 Å². The van der Waals surface area contributed by atoms with Crippen LogP contribution in [0.2, 0.25) is 0 Å². The molecule has 1 saturated heterocycles. The smallest absolute Gasteiger partial charge is 0.338 e. The van der Waals surface area contributed by atoms with Gasteiger partial charge in [-0.2, -0.15) is 5.26 Å². The SMILES string of the molecule is CCOC(=O)c1ccc(CC2SC(=C(C#N)C(=O)Nc3cccc(C)c3C)N(c3ccccc3)C2=O)cc1. The molecule has 192 valence electrons. The Hall–Kier alpha value is -4.35. The van der Waals surface area contributed by atoms with Crippen LogP contribution in [-0.2, 0) is 20.7 Å². The van der Waals surface area contributed by atoms with Crippen molar-refractivity contribution in [1.82, 2.24) is 0 Å². The fraction of sp³-hybridized carbons (Fsp3) is 0.200. The third-order valence-electron chi connectivity index (χ3n) is 6.26. The second kappa shape index (κ2) is 11.8. The molecule has 0 aliphatic carbocycles. The Morgan fingerprint density at radius 2 is 1.74 bits per heavy atom. The highest BCUT2D eigenvalue weighted by Gasteiger charge is 2.40. The summed E-state index contributed by atoms with van der Waals surface area (Å²) in [5.41, 5.74) is 4.25. The van der Waals surface area contributed by atoms with Crippen molar-refractivity contribution < 1.29 is 19.1 Å². The van der Waals surface area contributed by atoms with Crippen LogP contribution < -0.4 is 10.2 Å². The summed E-state index contributed by atoms with van der Waals surface area (Å²) in [5.74, 6) is -1.20. The minimum atomic E-state index is -0.572. The van der Waals surface area contributed by atoms with Crippen LogP contribution in [0.15, 0.2) is 83.4 Å². The van der Waals surface area contributed by atoms with Gasteiger partial charge in [0.2, 0.25) is 5.91 Å². The van der Waals surface area contributed by atoms with E-state index in [1.807, 2.05) is 38.1 Å². The van der Waals surface area contributed by atoms with E-state index in [0.717, 1.165) is 16.7 Å². The van der Waals surface area contributed by atoms with Crippen LogP contribution in [0, 0.1) is 25.2 Å². The van der Waals surface area contributed by atoms with Gasteiger partial charge in [0.05, 0.1) is 17.4 Å². The molecule has 4 rings (SSSR count). The van der Waals surface area contributed by atoms with Gasteiger partial charge in [-0.25, -0.2) is 4.79 Å². The van der Waals surface area contributed by atoms with Gasteiger partial charge in [0.15, 0.2) is 0 Å². The van der Waals surface area contributed by atoms with Crippen LogP contribution in [0.1, 0.15) is 34.0 Å². The number of esters is 1. The number of hydrogen-bond acceptors (Lipinski definition) is 6. The average Bonchev–Trinajstić information content (AvgIpc) is 3.23. The van der Waals surface area contributed by atoms with Gasteiger partial charge in [-0.1, -0.05) is 54.2 Å². The lowest BCUT2D eigenvalue weighted by Crippen LogP contribution is -2.30. The Morgan fingerprint density at radius 1 is 1.03 bits per heavy atom. The van der Waals surface area contributed by atoms with Crippen molar-refractivity contribution >= 4 is 40.9 Å². The predicted octanol–water partition coefficient (Wildman–Crippen LogP) is 5.55. The lowest BCUT2D eigenvalue weighted by atomic mass is 10.1. The van der Waals surface area contributed by atoms with E-state index in [2.05, 4.69) is 5.32 Å². The fourth-order valence-corrected chi connectivity index (χ4v) is 5.38. The summed E-state index contributed by atoms with van der Waals surface area (Å²) in [6, 6.07) is 23.5. The van der Waals surface area contributed by atoms with Gasteiger partial charge in [-0.05, 0) is 74.2 Å². The van der Waals surface area contributed by atoms with Crippen molar-refractivity contribution in [3.63, 3.8) is 0 Å². The van der Waals surface area contributed by atoms with Crippen LogP contribution in [0.25, 0.3) is 0 Å². The van der Waals surface area contributed by atoms with E-state index in [4.69, 9.17) is 4.74 Å². The molecule has 0 bridgehead atoms. The first-order valence-corrected chi connectivity index (χ1v) is 13.1. The second-order valence-corrected chi connectivity index (χ2v) is 9.92. The summed E-state index contributed by atoms with van der Waals surface area (Å²) >= 11 is 1.20. The standard InChI is InChI=1S/C30H27N3O4S/c1-4-37-30(36)22-15-13-21(14-16-22)17-26-28(35)33(23-10-6-5-7-11-23)29(38-26)24(18-31)27(34)32-25-12-8-9-19(2)20(25)3/h5-16,26H,4,17H2,1-3H3,(H,32,34). The number of aryl methyl sites for hydroxylation is 1. The highest BCUT2D eigenvalue weighted by molar-refractivity contribution is 8.05. The normalized spacial score (nSPS) is 16.1. The average molecular weight is 526 g/mol. The van der Waals surface area contributed by atoms with Gasteiger partial charge in [0, 0.05) is 11.4 Å². The molecule has 1 aliphatic rings. The van der Waals surface area contributed by atoms with E-state index in [1.54, 1.807) is 61.5 Å². The van der Waals surface area contributed by atoms with Crippen molar-refractivity contribution in [2.24, 2.45) is 0 Å². The quantitative estimate of drug-likeness (QED) is 0.247. The second-order valence-electron chi connectivity index (χ2n) is 8.73. The summed E-state index contributed by atoms with van der Waals surface area (Å²) in [6.07, 6.45) is 0.358. The number of nitriles is 1. The predicted molar refractivity (Wildman–Crippen MR) is 149 cm³/mol. The fourth-order valence-electron chi connectivity index (χ4n) is 4.08. The van der Waals surface area contributed by atoms with Crippen LogP contribution in [0.4, 0.5) is 11.4 Å². The number of ether oxygens (including phenoxy) is 1. The molecule has 8 heteroatoms. The number of carbonyl (C=O) groups excluding carboxylic acids is 3. The summed E-state index contributed by atoms with van der Waals surface area (Å²) in [5, 5.41) is 12.6. The molecule has 3 aromatic carbocycles. The maximum absolute atomic E-state index is 13.6.